The lowest BCUT2D eigenvalue weighted by atomic mass is 9.94. The first-order valence-corrected chi connectivity index (χ1v) is 21.5. The molecule has 0 atom stereocenters. The predicted molar refractivity (Wildman–Crippen MR) is 254 cm³/mol. The lowest BCUT2D eigenvalue weighted by Crippen LogP contribution is -2.02. The maximum absolute atomic E-state index is 5.30. The average Bonchev–Trinajstić information content (AvgIpc) is 3.84. The monoisotopic (exact) mass is 794 g/mol. The zero-order chi connectivity index (χ0) is 40.0. The largest absolute Gasteiger partial charge is 0.309 e. The Labute approximate surface area is 356 Å². The van der Waals surface area contributed by atoms with Crippen LogP contribution in [0, 0.1) is 0 Å². The highest BCUT2D eigenvalue weighted by molar-refractivity contribution is 7.99. The summed E-state index contributed by atoms with van der Waals surface area (Å²) in [6.45, 7) is 0. The normalized spacial score (nSPS) is 12.2. The summed E-state index contributed by atoms with van der Waals surface area (Å²) in [7, 11) is 0. The fourth-order valence-corrected chi connectivity index (χ4v) is 10.8. The lowest BCUT2D eigenvalue weighted by Gasteiger charge is -2.21. The van der Waals surface area contributed by atoms with Gasteiger partial charge in [0.25, 0.3) is 0 Å². The molecule has 0 saturated carbocycles. The third-order valence-electron chi connectivity index (χ3n) is 12.3. The van der Waals surface area contributed by atoms with Gasteiger partial charge in [-0.1, -0.05) is 163 Å². The second-order valence-electron chi connectivity index (χ2n) is 15.7. The maximum atomic E-state index is 5.30. The van der Waals surface area contributed by atoms with Crippen molar-refractivity contribution in [3.05, 3.63) is 206 Å². The van der Waals surface area contributed by atoms with Crippen molar-refractivity contribution in [1.29, 1.82) is 0 Å². The van der Waals surface area contributed by atoms with Crippen molar-refractivity contribution in [3.63, 3.8) is 0 Å². The third kappa shape index (κ3) is 5.27. The fourth-order valence-electron chi connectivity index (χ4n) is 9.61. The van der Waals surface area contributed by atoms with Gasteiger partial charge in [-0.2, -0.15) is 0 Å². The highest BCUT2D eigenvalue weighted by Crippen LogP contribution is 2.51. The van der Waals surface area contributed by atoms with Crippen molar-refractivity contribution in [2.45, 2.75) is 9.79 Å². The Kier molecular flexibility index (Phi) is 7.50. The molecule has 1 aliphatic rings. The minimum Gasteiger partial charge on any atom is -0.309 e. The van der Waals surface area contributed by atoms with Gasteiger partial charge in [-0.3, -0.25) is 4.57 Å². The van der Waals surface area contributed by atoms with E-state index in [9.17, 15) is 0 Å². The van der Waals surface area contributed by atoms with Gasteiger partial charge < -0.3 is 4.57 Å². The minimum absolute atomic E-state index is 0.694. The molecule has 0 radical (unpaired) electrons. The Hall–Kier alpha value is -7.73. The molecule has 0 fully saturated rings. The van der Waals surface area contributed by atoms with Crippen LogP contribution in [0.1, 0.15) is 0 Å². The molecule has 0 N–H and O–H groups in total. The van der Waals surface area contributed by atoms with Crippen LogP contribution < -0.4 is 0 Å². The summed E-state index contributed by atoms with van der Waals surface area (Å²) in [6, 6.07) is 74.3. The number of aromatic nitrogens is 4. The van der Waals surface area contributed by atoms with E-state index in [2.05, 4.69) is 191 Å². The molecule has 0 spiro atoms. The zero-order valence-electron chi connectivity index (χ0n) is 32.8. The molecule has 3 aromatic heterocycles. The highest BCUT2D eigenvalue weighted by atomic mass is 32.2. The number of fused-ring (bicyclic) bond motifs is 9. The van der Waals surface area contributed by atoms with Gasteiger partial charge in [0.2, 0.25) is 0 Å². The van der Waals surface area contributed by atoms with Gasteiger partial charge in [-0.05, 0) is 76.2 Å². The summed E-state index contributed by atoms with van der Waals surface area (Å²) >= 11 is 1.88. The third-order valence-corrected chi connectivity index (χ3v) is 13.4. The zero-order valence-corrected chi connectivity index (χ0v) is 33.6. The number of benzene rings is 9. The van der Waals surface area contributed by atoms with E-state index in [1.54, 1.807) is 0 Å². The van der Waals surface area contributed by atoms with Gasteiger partial charge in [-0.15, -0.1) is 0 Å². The summed E-state index contributed by atoms with van der Waals surface area (Å²) < 4.78 is 4.77. The van der Waals surface area contributed by atoms with Gasteiger partial charge in [0.15, 0.2) is 5.82 Å². The number of nitrogens with zero attached hydrogens (tertiary/aromatic N) is 4. The van der Waals surface area contributed by atoms with E-state index in [0.29, 0.717) is 5.82 Å². The van der Waals surface area contributed by atoms with E-state index in [-0.39, 0.29) is 0 Å². The molecule has 0 bridgehead atoms. The molecule has 0 amide bonds. The molecule has 13 rings (SSSR count). The van der Waals surface area contributed by atoms with E-state index < -0.39 is 0 Å². The smallest absolute Gasteiger partial charge is 0.162 e. The average molecular weight is 795 g/mol. The quantitative estimate of drug-likeness (QED) is 0.174. The molecule has 1 aliphatic heterocycles. The molecular formula is C56H34N4S. The van der Waals surface area contributed by atoms with Gasteiger partial charge in [-0.25, -0.2) is 9.97 Å². The summed E-state index contributed by atoms with van der Waals surface area (Å²) in [5, 5.41) is 7.49. The lowest BCUT2D eigenvalue weighted by molar-refractivity contribution is 1.05. The SMILES string of the molecule is c1ccc(-c2cc(-n3c4ccccc4c4ccc(-c5ccc6c(c5)c5c7cccc8c7c(cc5n6-c5ccccc5)Sc5ccccc5-8)cc43)nc(-c3ccccc3)n2)cc1. The maximum Gasteiger partial charge on any atom is 0.162 e. The summed E-state index contributed by atoms with van der Waals surface area (Å²) in [6.07, 6.45) is 0. The molecule has 9 aromatic carbocycles. The minimum atomic E-state index is 0.694. The van der Waals surface area contributed by atoms with E-state index in [4.69, 9.17) is 9.97 Å². The second-order valence-corrected chi connectivity index (χ2v) is 16.8. The molecule has 4 heterocycles. The number of para-hydroxylation sites is 2. The number of hydrogen-bond acceptors (Lipinski definition) is 3. The van der Waals surface area contributed by atoms with Crippen LogP contribution in [0.15, 0.2) is 216 Å². The van der Waals surface area contributed by atoms with Gasteiger partial charge in [0.05, 0.1) is 27.8 Å². The summed E-state index contributed by atoms with van der Waals surface area (Å²) in [5.74, 6) is 1.52. The van der Waals surface area contributed by atoms with Gasteiger partial charge in [0, 0.05) is 59.6 Å². The molecule has 0 saturated heterocycles. The van der Waals surface area contributed by atoms with Crippen LogP contribution >= 0.6 is 11.8 Å². The molecule has 5 heteroatoms. The second kappa shape index (κ2) is 13.4. The van der Waals surface area contributed by atoms with Crippen molar-refractivity contribution in [2.75, 3.05) is 0 Å². The standard InChI is InChI=1S/C56H34N4S/c1-4-15-35(16-5-1)46-33-53(58-56(57-46)36-17-6-2-7-18-36)60-47-25-12-10-21-40(47)41-29-27-38(32-49(41)60)37-28-30-48-45(31-37)54-44-24-14-23-43-42-22-11-13-26-51(42)61-52(55(43)44)34-50(54)59(48)39-19-8-3-9-20-39/h1-34H. The molecule has 61 heavy (non-hydrogen) atoms. The number of rotatable bonds is 5. The van der Waals surface area contributed by atoms with Crippen LogP contribution in [-0.4, -0.2) is 19.1 Å². The first kappa shape index (κ1) is 34.2. The molecular weight excluding hydrogens is 761 g/mol. The van der Waals surface area contributed by atoms with Crippen LogP contribution in [-0.2, 0) is 0 Å². The van der Waals surface area contributed by atoms with E-state index in [1.165, 1.54) is 64.3 Å². The molecule has 284 valence electrons. The van der Waals surface area contributed by atoms with Crippen molar-refractivity contribution < 1.29 is 0 Å². The Balaban J connectivity index is 1.06. The first-order valence-electron chi connectivity index (χ1n) is 20.7. The number of hydrogen-bond donors (Lipinski definition) is 0. The summed E-state index contributed by atoms with van der Waals surface area (Å²) in [5.41, 5.74) is 13.6. The summed E-state index contributed by atoms with van der Waals surface area (Å²) in [4.78, 5) is 13.0. The predicted octanol–water partition coefficient (Wildman–Crippen LogP) is 15.0. The fraction of sp³-hybridized carbons (Fsp3) is 0. The Bertz CT molecular complexity index is 3660. The topological polar surface area (TPSA) is 35.6 Å². The van der Waals surface area contributed by atoms with Crippen molar-refractivity contribution >= 4 is 66.1 Å². The van der Waals surface area contributed by atoms with Crippen molar-refractivity contribution in [2.24, 2.45) is 0 Å². The van der Waals surface area contributed by atoms with E-state index in [0.717, 1.165) is 50.5 Å². The first-order chi connectivity index (χ1) is 30.2. The van der Waals surface area contributed by atoms with Crippen LogP contribution in [0.3, 0.4) is 0 Å². The van der Waals surface area contributed by atoms with E-state index >= 15 is 0 Å². The highest BCUT2D eigenvalue weighted by Gasteiger charge is 2.24. The van der Waals surface area contributed by atoms with Crippen LogP contribution in [0.2, 0.25) is 0 Å². The molecule has 0 aliphatic carbocycles. The van der Waals surface area contributed by atoms with Crippen LogP contribution in [0.4, 0.5) is 0 Å². The van der Waals surface area contributed by atoms with Crippen molar-refractivity contribution in [3.8, 4) is 56.4 Å². The molecule has 0 unspecified atom stereocenters. The van der Waals surface area contributed by atoms with Gasteiger partial charge >= 0.3 is 0 Å². The Morgan fingerprint density at radius 1 is 0.344 bits per heavy atom. The van der Waals surface area contributed by atoms with Gasteiger partial charge in [0.1, 0.15) is 5.82 Å². The van der Waals surface area contributed by atoms with Crippen molar-refractivity contribution in [1.82, 2.24) is 19.1 Å². The van der Waals surface area contributed by atoms with Crippen LogP contribution in [0.5, 0.6) is 0 Å². The molecule has 12 aromatic rings. The molecule has 4 nitrogen and oxygen atoms in total. The van der Waals surface area contributed by atoms with Crippen LogP contribution in [0.25, 0.3) is 111 Å². The Morgan fingerprint density at radius 3 is 1.85 bits per heavy atom. The Morgan fingerprint density at radius 2 is 1.00 bits per heavy atom. The van der Waals surface area contributed by atoms with E-state index in [1.807, 2.05) is 36.0 Å².